The van der Waals surface area contributed by atoms with Crippen LogP contribution in [-0.4, -0.2) is 58.3 Å². The van der Waals surface area contributed by atoms with Crippen LogP contribution in [0.5, 0.6) is 0 Å². The van der Waals surface area contributed by atoms with Crippen LogP contribution < -0.4 is 0 Å². The summed E-state index contributed by atoms with van der Waals surface area (Å²) in [4.78, 5) is 21.6. The number of pyridine rings is 1. The van der Waals surface area contributed by atoms with Crippen molar-refractivity contribution in [3.63, 3.8) is 0 Å². The fourth-order valence-electron chi connectivity index (χ4n) is 3.40. The summed E-state index contributed by atoms with van der Waals surface area (Å²) in [5.74, 6) is 0.0983. The Morgan fingerprint density at radius 1 is 1.12 bits per heavy atom. The summed E-state index contributed by atoms with van der Waals surface area (Å²) < 4.78 is 1.94. The monoisotopic (exact) mass is 334 g/mol. The quantitative estimate of drug-likeness (QED) is 0.739. The topological polar surface area (TPSA) is 40.8 Å². The lowest BCUT2D eigenvalue weighted by Gasteiger charge is -2.20. The van der Waals surface area contributed by atoms with E-state index in [1.165, 1.54) is 0 Å². The van der Waals surface area contributed by atoms with Crippen molar-refractivity contribution in [2.24, 2.45) is 0 Å². The van der Waals surface area contributed by atoms with Gasteiger partial charge in [0.05, 0.1) is 11.3 Å². The third kappa shape index (κ3) is 3.03. The highest BCUT2D eigenvalue weighted by atomic mass is 16.2. The van der Waals surface area contributed by atoms with Crippen LogP contribution in [0.25, 0.3) is 16.9 Å². The van der Waals surface area contributed by atoms with Gasteiger partial charge in [-0.2, -0.15) is 0 Å². The minimum Gasteiger partial charge on any atom is -0.337 e. The predicted molar refractivity (Wildman–Crippen MR) is 98.6 cm³/mol. The number of aromatic nitrogens is 2. The van der Waals surface area contributed by atoms with Gasteiger partial charge in [0, 0.05) is 37.1 Å². The first kappa shape index (κ1) is 15.8. The lowest BCUT2D eigenvalue weighted by atomic mass is 10.2. The summed E-state index contributed by atoms with van der Waals surface area (Å²) >= 11 is 0. The first-order chi connectivity index (χ1) is 12.1. The van der Waals surface area contributed by atoms with Gasteiger partial charge in [-0.3, -0.25) is 4.79 Å². The van der Waals surface area contributed by atoms with Crippen molar-refractivity contribution in [3.8, 4) is 11.3 Å². The summed E-state index contributed by atoms with van der Waals surface area (Å²) in [6.07, 6.45) is 4.90. The molecule has 0 unspecified atom stereocenters. The molecule has 2 aromatic heterocycles. The first-order valence-corrected chi connectivity index (χ1v) is 8.62. The molecule has 1 amide bonds. The molecule has 5 heteroatoms. The maximum atomic E-state index is 12.8. The smallest absolute Gasteiger partial charge is 0.255 e. The van der Waals surface area contributed by atoms with E-state index in [0.29, 0.717) is 11.6 Å². The van der Waals surface area contributed by atoms with E-state index < -0.39 is 0 Å². The van der Waals surface area contributed by atoms with Crippen molar-refractivity contribution in [1.82, 2.24) is 19.2 Å². The number of imidazole rings is 1. The summed E-state index contributed by atoms with van der Waals surface area (Å²) in [5.41, 5.74) is 3.55. The molecule has 0 spiro atoms. The zero-order valence-corrected chi connectivity index (χ0v) is 14.6. The zero-order chi connectivity index (χ0) is 17.4. The number of carbonyl (C=O) groups excluding carboxylic acids is 1. The molecule has 1 aliphatic rings. The molecule has 0 N–H and O–H groups in total. The molecule has 0 radical (unpaired) electrons. The predicted octanol–water partition coefficient (Wildman–Crippen LogP) is 2.78. The maximum absolute atomic E-state index is 12.8. The second-order valence-electron chi connectivity index (χ2n) is 6.83. The Hall–Kier alpha value is -2.66. The summed E-state index contributed by atoms with van der Waals surface area (Å²) in [6.45, 7) is 1.61. The van der Waals surface area contributed by atoms with Crippen molar-refractivity contribution in [2.75, 3.05) is 27.2 Å². The maximum Gasteiger partial charge on any atom is 0.255 e. The average molecular weight is 334 g/mol. The van der Waals surface area contributed by atoms with E-state index in [9.17, 15) is 4.79 Å². The van der Waals surface area contributed by atoms with Gasteiger partial charge in [-0.05, 0) is 32.6 Å². The van der Waals surface area contributed by atoms with Crippen LogP contribution in [0.3, 0.4) is 0 Å². The van der Waals surface area contributed by atoms with Crippen LogP contribution in [0, 0.1) is 0 Å². The lowest BCUT2D eigenvalue weighted by Crippen LogP contribution is -2.34. The summed E-state index contributed by atoms with van der Waals surface area (Å²) in [6, 6.07) is 14.3. The highest BCUT2D eigenvalue weighted by Crippen LogP contribution is 2.21. The normalized spacial score (nSPS) is 17.6. The molecule has 1 saturated heterocycles. The van der Waals surface area contributed by atoms with Gasteiger partial charge >= 0.3 is 0 Å². The lowest BCUT2D eigenvalue weighted by molar-refractivity contribution is 0.0782. The third-order valence-corrected chi connectivity index (χ3v) is 4.95. The molecule has 0 bridgehead atoms. The molecule has 4 rings (SSSR count). The van der Waals surface area contributed by atoms with Gasteiger partial charge in [-0.15, -0.1) is 0 Å². The van der Waals surface area contributed by atoms with E-state index in [1.54, 1.807) is 0 Å². The van der Waals surface area contributed by atoms with Crippen molar-refractivity contribution in [2.45, 2.75) is 12.5 Å². The van der Waals surface area contributed by atoms with Crippen LogP contribution >= 0.6 is 0 Å². The molecule has 128 valence electrons. The fourth-order valence-corrected chi connectivity index (χ4v) is 3.40. The van der Waals surface area contributed by atoms with E-state index in [0.717, 1.165) is 36.4 Å². The Morgan fingerprint density at radius 2 is 1.92 bits per heavy atom. The number of fused-ring (bicyclic) bond motifs is 1. The number of hydrogen-bond acceptors (Lipinski definition) is 3. The molecular weight excluding hydrogens is 312 g/mol. The number of rotatable bonds is 3. The Labute approximate surface area is 147 Å². The van der Waals surface area contributed by atoms with Crippen LogP contribution in [-0.2, 0) is 0 Å². The van der Waals surface area contributed by atoms with Crippen molar-refractivity contribution < 1.29 is 4.79 Å². The van der Waals surface area contributed by atoms with Gasteiger partial charge in [-0.25, -0.2) is 4.98 Å². The molecule has 1 aromatic carbocycles. The number of likely N-dealkylation sites (tertiary alicyclic amines) is 1. The van der Waals surface area contributed by atoms with E-state index >= 15 is 0 Å². The highest BCUT2D eigenvalue weighted by Gasteiger charge is 2.28. The SMILES string of the molecule is CN(C)[C@@H]1CCN(C(=O)c2ccc3nc(-c4ccccc4)cn3c2)C1. The third-order valence-electron chi connectivity index (χ3n) is 4.95. The van der Waals surface area contributed by atoms with Crippen molar-refractivity contribution in [3.05, 3.63) is 60.4 Å². The highest BCUT2D eigenvalue weighted by molar-refractivity contribution is 5.94. The summed E-state index contributed by atoms with van der Waals surface area (Å²) in [7, 11) is 4.14. The van der Waals surface area contributed by atoms with Gasteiger partial charge in [0.25, 0.3) is 5.91 Å². The largest absolute Gasteiger partial charge is 0.337 e. The minimum atomic E-state index is 0.0983. The average Bonchev–Trinajstić information content (AvgIpc) is 3.28. The molecule has 3 heterocycles. The van der Waals surface area contributed by atoms with E-state index in [4.69, 9.17) is 0 Å². The number of carbonyl (C=O) groups is 1. The van der Waals surface area contributed by atoms with E-state index in [1.807, 2.05) is 64.2 Å². The Balaban J connectivity index is 1.60. The van der Waals surface area contributed by atoms with Gasteiger partial charge in [0.1, 0.15) is 5.65 Å². The molecule has 1 fully saturated rings. The van der Waals surface area contributed by atoms with Crippen molar-refractivity contribution >= 4 is 11.6 Å². The number of nitrogens with zero attached hydrogens (tertiary/aromatic N) is 4. The first-order valence-electron chi connectivity index (χ1n) is 8.62. The van der Waals surface area contributed by atoms with Gasteiger partial charge < -0.3 is 14.2 Å². The molecule has 1 aliphatic heterocycles. The molecule has 25 heavy (non-hydrogen) atoms. The minimum absolute atomic E-state index is 0.0983. The Morgan fingerprint density at radius 3 is 2.64 bits per heavy atom. The second-order valence-corrected chi connectivity index (χ2v) is 6.83. The Bertz CT molecular complexity index is 900. The Kier molecular flexibility index (Phi) is 4.01. The fraction of sp³-hybridized carbons (Fsp3) is 0.300. The number of likely N-dealkylation sites (N-methyl/N-ethyl adjacent to an activating group) is 1. The zero-order valence-electron chi connectivity index (χ0n) is 14.6. The van der Waals surface area contributed by atoms with Crippen LogP contribution in [0.2, 0.25) is 0 Å². The van der Waals surface area contributed by atoms with Crippen LogP contribution in [0.1, 0.15) is 16.8 Å². The van der Waals surface area contributed by atoms with Gasteiger partial charge in [-0.1, -0.05) is 30.3 Å². The van der Waals surface area contributed by atoms with Crippen molar-refractivity contribution in [1.29, 1.82) is 0 Å². The van der Waals surface area contributed by atoms with Crippen LogP contribution in [0.15, 0.2) is 54.9 Å². The van der Waals surface area contributed by atoms with Crippen LogP contribution in [0.4, 0.5) is 0 Å². The van der Waals surface area contributed by atoms with E-state index in [2.05, 4.69) is 24.0 Å². The molecule has 5 nitrogen and oxygen atoms in total. The molecular formula is C20H22N4O. The molecule has 3 aromatic rings. The summed E-state index contributed by atoms with van der Waals surface area (Å²) in [5, 5.41) is 0. The number of hydrogen-bond donors (Lipinski definition) is 0. The van der Waals surface area contributed by atoms with Gasteiger partial charge in [0.15, 0.2) is 0 Å². The van der Waals surface area contributed by atoms with E-state index in [-0.39, 0.29) is 5.91 Å². The number of amides is 1. The van der Waals surface area contributed by atoms with Gasteiger partial charge in [0.2, 0.25) is 0 Å². The number of benzene rings is 1. The molecule has 1 atom stereocenters. The molecule has 0 aliphatic carbocycles. The molecule has 0 saturated carbocycles. The standard InChI is InChI=1S/C20H22N4O/c1-22(2)17-10-11-23(13-17)20(25)16-8-9-19-21-18(14-24(19)12-16)15-6-4-3-5-7-15/h3-9,12,14,17H,10-11,13H2,1-2H3/t17-/m1/s1. The second kappa shape index (κ2) is 6.33.